The molecule has 172 valence electrons. The van der Waals surface area contributed by atoms with Crippen LogP contribution in [0.3, 0.4) is 0 Å². The van der Waals surface area contributed by atoms with Gasteiger partial charge in [0.2, 0.25) is 0 Å². The molecule has 1 unspecified atom stereocenters. The standard InChI is InChI=1S/C28H48O2/c1-18(2)25(29)12-7-19(3)22-10-11-23-21-9-8-20-17-26(4,30)15-16-27(20,5)24(21)13-14-28(22,23)6/h8,18-19,21-25,29-30H,7,9-17H2,1-6H3/t19-,21+,22?,23+,24+,25+,26+,27+,28-/m1/s1. The number of aliphatic hydroxyl groups excluding tert-OH is 1. The van der Waals surface area contributed by atoms with Gasteiger partial charge in [-0.1, -0.05) is 46.3 Å². The highest BCUT2D eigenvalue weighted by molar-refractivity contribution is 5.26. The Balaban J connectivity index is 1.49. The lowest BCUT2D eigenvalue weighted by Crippen LogP contribution is -2.52. The average molecular weight is 417 g/mol. The van der Waals surface area contributed by atoms with E-state index in [4.69, 9.17) is 0 Å². The second-order valence-electron chi connectivity index (χ2n) is 13.0. The molecule has 3 fully saturated rings. The summed E-state index contributed by atoms with van der Waals surface area (Å²) in [6.45, 7) is 14.0. The molecule has 0 aromatic rings. The van der Waals surface area contributed by atoms with Gasteiger partial charge in [0.25, 0.3) is 0 Å². The zero-order valence-electron chi connectivity index (χ0n) is 20.6. The number of rotatable bonds is 5. The first-order valence-corrected chi connectivity index (χ1v) is 13.1. The van der Waals surface area contributed by atoms with Crippen molar-refractivity contribution < 1.29 is 10.2 Å². The van der Waals surface area contributed by atoms with Gasteiger partial charge in [0.05, 0.1) is 11.7 Å². The molecule has 0 bridgehead atoms. The van der Waals surface area contributed by atoms with Crippen molar-refractivity contribution in [3.63, 3.8) is 0 Å². The molecule has 30 heavy (non-hydrogen) atoms. The first-order chi connectivity index (χ1) is 14.0. The average Bonchev–Trinajstić information content (AvgIpc) is 3.03. The third-order valence-electron chi connectivity index (χ3n) is 10.8. The fourth-order valence-electron chi connectivity index (χ4n) is 8.75. The maximum atomic E-state index is 10.7. The van der Waals surface area contributed by atoms with Gasteiger partial charge >= 0.3 is 0 Å². The molecule has 0 radical (unpaired) electrons. The molecule has 0 aromatic carbocycles. The fraction of sp³-hybridized carbons (Fsp3) is 0.929. The van der Waals surface area contributed by atoms with Crippen LogP contribution < -0.4 is 0 Å². The van der Waals surface area contributed by atoms with E-state index in [-0.39, 0.29) is 6.10 Å². The van der Waals surface area contributed by atoms with Gasteiger partial charge in [0.15, 0.2) is 0 Å². The van der Waals surface area contributed by atoms with E-state index in [9.17, 15) is 10.2 Å². The van der Waals surface area contributed by atoms with Crippen LogP contribution >= 0.6 is 0 Å². The summed E-state index contributed by atoms with van der Waals surface area (Å²) < 4.78 is 0. The Morgan fingerprint density at radius 2 is 1.70 bits per heavy atom. The molecule has 3 saturated carbocycles. The maximum Gasteiger partial charge on any atom is 0.0657 e. The van der Waals surface area contributed by atoms with Gasteiger partial charge in [0, 0.05) is 0 Å². The van der Waals surface area contributed by atoms with Crippen LogP contribution in [0.2, 0.25) is 0 Å². The van der Waals surface area contributed by atoms with Crippen LogP contribution in [0.5, 0.6) is 0 Å². The molecular formula is C28H48O2. The zero-order chi connectivity index (χ0) is 21.9. The SMILES string of the molecule is CC(C)[C@@H](O)CC[C@@H](C)C1CC[C@H]2[C@@H]3CC=C4C[C@@](C)(O)CC[C@]4(C)[C@H]3CC[C@]12C. The monoisotopic (exact) mass is 416 g/mol. The second-order valence-corrected chi connectivity index (χ2v) is 13.0. The summed E-state index contributed by atoms with van der Waals surface area (Å²) in [6.07, 6.45) is 14.4. The molecule has 0 aromatic heterocycles. The van der Waals surface area contributed by atoms with Gasteiger partial charge in [0.1, 0.15) is 0 Å². The van der Waals surface area contributed by atoms with Gasteiger partial charge in [-0.15, -0.1) is 0 Å². The van der Waals surface area contributed by atoms with E-state index in [2.05, 4.69) is 40.7 Å². The Bertz CT molecular complexity index is 664. The molecule has 9 atom stereocenters. The van der Waals surface area contributed by atoms with Crippen LogP contribution in [-0.4, -0.2) is 21.9 Å². The van der Waals surface area contributed by atoms with Crippen molar-refractivity contribution >= 4 is 0 Å². The lowest BCUT2D eigenvalue weighted by molar-refractivity contribution is -0.0710. The third kappa shape index (κ3) is 3.72. The highest BCUT2D eigenvalue weighted by Gasteiger charge is 2.59. The quantitative estimate of drug-likeness (QED) is 0.487. The molecule has 2 heteroatoms. The third-order valence-corrected chi connectivity index (χ3v) is 10.8. The van der Waals surface area contributed by atoms with Gasteiger partial charge in [-0.05, 0) is 117 Å². The highest BCUT2D eigenvalue weighted by atomic mass is 16.3. The van der Waals surface area contributed by atoms with Crippen LogP contribution in [0.1, 0.15) is 106 Å². The topological polar surface area (TPSA) is 40.5 Å². The summed E-state index contributed by atoms with van der Waals surface area (Å²) in [5, 5.41) is 21.0. The number of allylic oxidation sites excluding steroid dienone is 1. The molecule has 4 rings (SSSR count). The van der Waals surface area contributed by atoms with Gasteiger partial charge in [-0.2, -0.15) is 0 Å². The minimum absolute atomic E-state index is 0.140. The van der Waals surface area contributed by atoms with Crippen LogP contribution in [-0.2, 0) is 0 Å². The number of aliphatic hydroxyl groups is 2. The number of hydrogen-bond acceptors (Lipinski definition) is 2. The Kier molecular flexibility index (Phi) is 6.02. The zero-order valence-corrected chi connectivity index (χ0v) is 20.6. The Morgan fingerprint density at radius 3 is 2.40 bits per heavy atom. The van der Waals surface area contributed by atoms with Crippen molar-refractivity contribution in [2.45, 2.75) is 117 Å². The van der Waals surface area contributed by atoms with E-state index in [0.717, 1.165) is 48.9 Å². The molecule has 0 aliphatic heterocycles. The van der Waals surface area contributed by atoms with Crippen molar-refractivity contribution in [2.75, 3.05) is 0 Å². The second kappa shape index (κ2) is 7.91. The van der Waals surface area contributed by atoms with Crippen molar-refractivity contribution in [1.82, 2.24) is 0 Å². The summed E-state index contributed by atoms with van der Waals surface area (Å²) in [4.78, 5) is 0. The summed E-state index contributed by atoms with van der Waals surface area (Å²) >= 11 is 0. The smallest absolute Gasteiger partial charge is 0.0657 e. The minimum Gasteiger partial charge on any atom is -0.393 e. The largest absolute Gasteiger partial charge is 0.393 e. The minimum atomic E-state index is -0.490. The predicted octanol–water partition coefficient (Wildman–Crippen LogP) is 6.75. The molecule has 0 spiro atoms. The molecule has 2 N–H and O–H groups in total. The first kappa shape index (κ1) is 22.8. The van der Waals surface area contributed by atoms with Crippen molar-refractivity contribution in [3.05, 3.63) is 11.6 Å². The predicted molar refractivity (Wildman–Crippen MR) is 125 cm³/mol. The molecular weight excluding hydrogens is 368 g/mol. The van der Waals surface area contributed by atoms with E-state index >= 15 is 0 Å². The van der Waals surface area contributed by atoms with Gasteiger partial charge in [-0.25, -0.2) is 0 Å². The van der Waals surface area contributed by atoms with Crippen molar-refractivity contribution in [3.8, 4) is 0 Å². The Morgan fingerprint density at radius 1 is 0.967 bits per heavy atom. The van der Waals surface area contributed by atoms with Crippen LogP contribution in [0.15, 0.2) is 11.6 Å². The summed E-state index contributed by atoms with van der Waals surface area (Å²) in [5.41, 5.74) is 1.91. The number of hydrogen-bond donors (Lipinski definition) is 2. The van der Waals surface area contributed by atoms with Crippen LogP contribution in [0.4, 0.5) is 0 Å². The summed E-state index contributed by atoms with van der Waals surface area (Å²) in [6, 6.07) is 0. The number of fused-ring (bicyclic) bond motifs is 5. The van der Waals surface area contributed by atoms with Crippen LogP contribution in [0, 0.1) is 46.3 Å². The normalized spacial score (nSPS) is 47.8. The van der Waals surface area contributed by atoms with Gasteiger partial charge < -0.3 is 10.2 Å². The molecule has 0 saturated heterocycles. The lowest BCUT2D eigenvalue weighted by Gasteiger charge is -2.59. The molecule has 4 aliphatic rings. The lowest BCUT2D eigenvalue weighted by atomic mass is 9.46. The van der Waals surface area contributed by atoms with E-state index < -0.39 is 5.60 Å². The van der Waals surface area contributed by atoms with E-state index in [1.54, 1.807) is 5.57 Å². The Labute approximate surface area is 185 Å². The molecule has 0 heterocycles. The molecule has 0 amide bonds. The molecule has 4 aliphatic carbocycles. The van der Waals surface area contributed by atoms with Crippen molar-refractivity contribution in [1.29, 1.82) is 0 Å². The molecule has 2 nitrogen and oxygen atoms in total. The first-order valence-electron chi connectivity index (χ1n) is 13.1. The van der Waals surface area contributed by atoms with Crippen LogP contribution in [0.25, 0.3) is 0 Å². The highest BCUT2D eigenvalue weighted by Crippen LogP contribution is 2.67. The Hall–Kier alpha value is -0.340. The van der Waals surface area contributed by atoms with E-state index in [1.165, 1.54) is 44.9 Å². The van der Waals surface area contributed by atoms with Gasteiger partial charge in [-0.3, -0.25) is 0 Å². The van der Waals surface area contributed by atoms with Crippen molar-refractivity contribution in [2.24, 2.45) is 46.3 Å². The fourth-order valence-corrected chi connectivity index (χ4v) is 8.75. The van der Waals surface area contributed by atoms with E-state index in [1.807, 2.05) is 6.92 Å². The summed E-state index contributed by atoms with van der Waals surface area (Å²) in [7, 11) is 0. The maximum absolute atomic E-state index is 10.7. The summed E-state index contributed by atoms with van der Waals surface area (Å²) in [5.74, 6) is 4.46. The van der Waals surface area contributed by atoms with E-state index in [0.29, 0.717) is 16.7 Å².